The van der Waals surface area contributed by atoms with E-state index in [9.17, 15) is 0 Å². The first-order valence-electron chi connectivity index (χ1n) is 3.55. The number of hydrogen-bond donors (Lipinski definition) is 0. The summed E-state index contributed by atoms with van der Waals surface area (Å²) in [6.45, 7) is 8.35. The van der Waals surface area contributed by atoms with Gasteiger partial charge in [-0.1, -0.05) is 25.9 Å². The molecule has 2 nitrogen and oxygen atoms in total. The Bertz CT molecular complexity index is 260. The molecule has 11 heavy (non-hydrogen) atoms. The van der Waals surface area contributed by atoms with E-state index in [1.807, 2.05) is 6.92 Å². The average Bonchev–Trinajstić information content (AvgIpc) is 2.11. The summed E-state index contributed by atoms with van der Waals surface area (Å²) >= 11 is 3.28. The number of hydrogen-bond acceptors (Lipinski definition) is 2. The fraction of sp³-hybridized carbons (Fsp3) is 0.625. The summed E-state index contributed by atoms with van der Waals surface area (Å²) < 4.78 is 5.73. The van der Waals surface area contributed by atoms with E-state index < -0.39 is 0 Å². The van der Waals surface area contributed by atoms with Crippen molar-refractivity contribution < 1.29 is 4.52 Å². The number of nitrogens with zero attached hydrogens (tertiary/aromatic N) is 1. The highest BCUT2D eigenvalue weighted by Crippen LogP contribution is 2.28. The zero-order valence-electron chi connectivity index (χ0n) is 7.23. The van der Waals surface area contributed by atoms with Crippen molar-refractivity contribution in [3.8, 4) is 0 Å². The van der Waals surface area contributed by atoms with Gasteiger partial charge in [-0.3, -0.25) is 0 Å². The average molecular weight is 218 g/mol. The monoisotopic (exact) mass is 217 g/mol. The Kier molecular flexibility index (Phi) is 2.10. The standard InChI is InChI=1S/C8H12BrNO/c1-5-6(8(2,3)4)10-11-7(5)9/h1-4H3. The molecule has 1 rings (SSSR count). The highest BCUT2D eigenvalue weighted by molar-refractivity contribution is 9.10. The van der Waals surface area contributed by atoms with Gasteiger partial charge in [0.1, 0.15) is 0 Å². The summed E-state index contributed by atoms with van der Waals surface area (Å²) in [6.07, 6.45) is 0. The maximum absolute atomic E-state index is 4.99. The molecule has 0 spiro atoms. The van der Waals surface area contributed by atoms with E-state index in [1.54, 1.807) is 0 Å². The van der Waals surface area contributed by atoms with Gasteiger partial charge >= 0.3 is 0 Å². The first-order valence-corrected chi connectivity index (χ1v) is 4.34. The molecule has 0 fully saturated rings. The van der Waals surface area contributed by atoms with Gasteiger partial charge in [-0.05, 0) is 22.9 Å². The lowest BCUT2D eigenvalue weighted by Gasteiger charge is -2.14. The second-order valence-electron chi connectivity index (χ2n) is 3.68. The molecule has 3 heteroatoms. The molecule has 0 N–H and O–H groups in total. The van der Waals surface area contributed by atoms with Crippen molar-refractivity contribution in [1.29, 1.82) is 0 Å². The van der Waals surface area contributed by atoms with Gasteiger partial charge in [0.05, 0.1) is 5.69 Å². The van der Waals surface area contributed by atoms with Crippen molar-refractivity contribution in [2.45, 2.75) is 33.1 Å². The van der Waals surface area contributed by atoms with Crippen molar-refractivity contribution in [1.82, 2.24) is 5.16 Å². The zero-order valence-corrected chi connectivity index (χ0v) is 8.82. The van der Waals surface area contributed by atoms with E-state index in [2.05, 4.69) is 41.9 Å². The van der Waals surface area contributed by atoms with E-state index >= 15 is 0 Å². The van der Waals surface area contributed by atoms with E-state index in [-0.39, 0.29) is 5.41 Å². The Hall–Kier alpha value is -0.310. The lowest BCUT2D eigenvalue weighted by molar-refractivity contribution is 0.377. The van der Waals surface area contributed by atoms with Crippen LogP contribution in [0.2, 0.25) is 0 Å². The summed E-state index contributed by atoms with van der Waals surface area (Å²) in [4.78, 5) is 0. The predicted molar refractivity (Wildman–Crippen MR) is 47.6 cm³/mol. The molecular weight excluding hydrogens is 206 g/mol. The van der Waals surface area contributed by atoms with E-state index in [4.69, 9.17) is 4.52 Å². The Balaban J connectivity index is 3.15. The third kappa shape index (κ3) is 1.64. The van der Waals surface area contributed by atoms with Crippen LogP contribution in [-0.2, 0) is 5.41 Å². The van der Waals surface area contributed by atoms with Crippen molar-refractivity contribution in [2.75, 3.05) is 0 Å². The molecule has 0 aliphatic carbocycles. The van der Waals surface area contributed by atoms with Gasteiger partial charge in [-0.15, -0.1) is 0 Å². The quantitative estimate of drug-likeness (QED) is 0.668. The van der Waals surface area contributed by atoms with Crippen LogP contribution < -0.4 is 0 Å². The lowest BCUT2D eigenvalue weighted by Crippen LogP contribution is -2.12. The SMILES string of the molecule is Cc1c(C(C)(C)C)noc1Br. The molecule has 0 radical (unpaired) electrons. The summed E-state index contributed by atoms with van der Waals surface area (Å²) in [5.74, 6) is 0. The van der Waals surface area contributed by atoms with Crippen LogP contribution in [0.15, 0.2) is 9.19 Å². The first kappa shape index (κ1) is 8.78. The summed E-state index contributed by atoms with van der Waals surface area (Å²) in [5.41, 5.74) is 2.18. The number of aromatic nitrogens is 1. The molecule has 0 saturated carbocycles. The summed E-state index contributed by atoms with van der Waals surface area (Å²) in [7, 11) is 0. The molecule has 0 unspecified atom stereocenters. The van der Waals surface area contributed by atoms with Crippen molar-refractivity contribution >= 4 is 15.9 Å². The van der Waals surface area contributed by atoms with Crippen molar-refractivity contribution in [2.24, 2.45) is 0 Å². The number of rotatable bonds is 0. The molecule has 0 aliphatic rings. The lowest BCUT2D eigenvalue weighted by atomic mass is 9.90. The molecule has 62 valence electrons. The Morgan fingerprint density at radius 2 is 1.91 bits per heavy atom. The van der Waals surface area contributed by atoms with Gasteiger partial charge in [-0.2, -0.15) is 0 Å². The summed E-state index contributed by atoms with van der Waals surface area (Å²) in [5, 5.41) is 3.96. The van der Waals surface area contributed by atoms with E-state index in [0.29, 0.717) is 0 Å². The maximum atomic E-state index is 4.99. The smallest absolute Gasteiger partial charge is 0.205 e. The Morgan fingerprint density at radius 1 is 1.36 bits per heavy atom. The largest absolute Gasteiger partial charge is 0.349 e. The molecule has 0 amide bonds. The molecule has 0 atom stereocenters. The molecular formula is C8H12BrNO. The number of halogens is 1. The van der Waals surface area contributed by atoms with Gasteiger partial charge < -0.3 is 4.52 Å². The molecule has 1 heterocycles. The fourth-order valence-electron chi connectivity index (χ4n) is 1.02. The van der Waals surface area contributed by atoms with Gasteiger partial charge in [0.25, 0.3) is 0 Å². The minimum absolute atomic E-state index is 0.0691. The van der Waals surface area contributed by atoms with Gasteiger partial charge in [0.15, 0.2) is 0 Å². The molecule has 1 aromatic rings. The Morgan fingerprint density at radius 3 is 2.09 bits per heavy atom. The van der Waals surface area contributed by atoms with Crippen LogP contribution in [0.25, 0.3) is 0 Å². The van der Waals surface area contributed by atoms with Gasteiger partial charge in [-0.25, -0.2) is 0 Å². The van der Waals surface area contributed by atoms with Gasteiger partial charge in [0, 0.05) is 11.0 Å². The molecule has 1 aromatic heterocycles. The third-order valence-electron chi connectivity index (χ3n) is 1.58. The van der Waals surface area contributed by atoms with Crippen LogP contribution in [-0.4, -0.2) is 5.16 Å². The molecule has 0 bridgehead atoms. The molecule has 0 aromatic carbocycles. The van der Waals surface area contributed by atoms with Crippen LogP contribution in [0.5, 0.6) is 0 Å². The first-order chi connectivity index (χ1) is 4.93. The predicted octanol–water partition coefficient (Wildman–Crippen LogP) is 3.04. The van der Waals surface area contributed by atoms with E-state index in [1.165, 1.54) is 0 Å². The summed E-state index contributed by atoms with van der Waals surface area (Å²) in [6, 6.07) is 0. The highest BCUT2D eigenvalue weighted by Gasteiger charge is 2.22. The van der Waals surface area contributed by atoms with Crippen molar-refractivity contribution in [3.63, 3.8) is 0 Å². The van der Waals surface area contributed by atoms with Crippen LogP contribution in [0.4, 0.5) is 0 Å². The van der Waals surface area contributed by atoms with E-state index in [0.717, 1.165) is 15.9 Å². The second-order valence-corrected chi connectivity index (χ2v) is 4.40. The highest BCUT2D eigenvalue weighted by atomic mass is 79.9. The minimum Gasteiger partial charge on any atom is -0.349 e. The Labute approximate surface area is 75.1 Å². The molecule has 0 saturated heterocycles. The third-order valence-corrected chi connectivity index (χ3v) is 2.32. The van der Waals surface area contributed by atoms with Crippen LogP contribution in [0.1, 0.15) is 32.0 Å². The molecule has 0 aliphatic heterocycles. The van der Waals surface area contributed by atoms with Gasteiger partial charge in [0.2, 0.25) is 4.67 Å². The van der Waals surface area contributed by atoms with Crippen LogP contribution in [0.3, 0.4) is 0 Å². The zero-order chi connectivity index (χ0) is 8.65. The van der Waals surface area contributed by atoms with Crippen LogP contribution >= 0.6 is 15.9 Å². The van der Waals surface area contributed by atoms with Crippen LogP contribution in [0, 0.1) is 6.92 Å². The maximum Gasteiger partial charge on any atom is 0.205 e. The minimum atomic E-state index is 0.0691. The topological polar surface area (TPSA) is 26.0 Å². The van der Waals surface area contributed by atoms with Crippen molar-refractivity contribution in [3.05, 3.63) is 15.9 Å². The fourth-order valence-corrected chi connectivity index (χ4v) is 1.28. The second kappa shape index (κ2) is 2.63. The normalized spacial score (nSPS) is 12.1.